The van der Waals surface area contributed by atoms with E-state index < -0.39 is 10.0 Å². The van der Waals surface area contributed by atoms with Crippen molar-refractivity contribution in [3.05, 3.63) is 48.4 Å². The number of morpholine rings is 1. The topological polar surface area (TPSA) is 96.5 Å². The molecule has 168 valence electrons. The van der Waals surface area contributed by atoms with Gasteiger partial charge in [0.05, 0.1) is 13.2 Å². The van der Waals surface area contributed by atoms with Gasteiger partial charge in [0, 0.05) is 49.8 Å². The Balaban J connectivity index is 1.28. The molecule has 0 aromatic carbocycles. The molecule has 2 fully saturated rings. The summed E-state index contributed by atoms with van der Waals surface area (Å²) in [7, 11) is -3.57. The molecule has 1 saturated carbocycles. The van der Waals surface area contributed by atoms with Gasteiger partial charge in [0.25, 0.3) is 0 Å². The van der Waals surface area contributed by atoms with Gasteiger partial charge < -0.3 is 15.0 Å². The molecular formula is C22H31N5O3S. The Morgan fingerprint density at radius 2 is 1.71 bits per heavy atom. The SMILES string of the molecule is CC(NC1CCC(NS(=O)(=O)c2ccc(N3CCOCC3)nc2)CC1)c1ccncc1. The molecule has 31 heavy (non-hydrogen) atoms. The summed E-state index contributed by atoms with van der Waals surface area (Å²) < 4.78 is 33.9. The molecule has 1 aliphatic heterocycles. The van der Waals surface area contributed by atoms with E-state index in [-0.39, 0.29) is 17.0 Å². The van der Waals surface area contributed by atoms with Crippen LogP contribution in [0.1, 0.15) is 44.2 Å². The van der Waals surface area contributed by atoms with E-state index in [4.69, 9.17) is 4.74 Å². The van der Waals surface area contributed by atoms with Gasteiger partial charge in [-0.1, -0.05) is 0 Å². The first kappa shape index (κ1) is 22.1. The zero-order valence-electron chi connectivity index (χ0n) is 17.9. The summed E-state index contributed by atoms with van der Waals surface area (Å²) in [5.41, 5.74) is 1.21. The van der Waals surface area contributed by atoms with Crippen molar-refractivity contribution in [1.82, 2.24) is 20.0 Å². The van der Waals surface area contributed by atoms with Crippen LogP contribution in [0, 0.1) is 0 Å². The molecule has 0 radical (unpaired) electrons. The molecule has 4 rings (SSSR count). The Hall–Kier alpha value is -2.07. The van der Waals surface area contributed by atoms with Crippen LogP contribution < -0.4 is 14.9 Å². The van der Waals surface area contributed by atoms with E-state index >= 15 is 0 Å². The Morgan fingerprint density at radius 1 is 1.03 bits per heavy atom. The van der Waals surface area contributed by atoms with Crippen LogP contribution in [0.5, 0.6) is 0 Å². The van der Waals surface area contributed by atoms with E-state index in [1.54, 1.807) is 12.1 Å². The van der Waals surface area contributed by atoms with Crippen LogP contribution in [0.3, 0.4) is 0 Å². The largest absolute Gasteiger partial charge is 0.378 e. The van der Waals surface area contributed by atoms with Crippen LogP contribution in [0.15, 0.2) is 47.8 Å². The number of hydrogen-bond donors (Lipinski definition) is 2. The van der Waals surface area contributed by atoms with Crippen molar-refractivity contribution in [2.24, 2.45) is 0 Å². The fourth-order valence-corrected chi connectivity index (χ4v) is 5.53. The van der Waals surface area contributed by atoms with Crippen molar-refractivity contribution < 1.29 is 13.2 Å². The third-order valence-corrected chi connectivity index (χ3v) is 7.61. The summed E-state index contributed by atoms with van der Waals surface area (Å²) >= 11 is 0. The number of pyridine rings is 2. The molecule has 2 aromatic heterocycles. The maximum absolute atomic E-state index is 12.8. The highest BCUT2D eigenvalue weighted by atomic mass is 32.2. The average molecular weight is 446 g/mol. The van der Waals surface area contributed by atoms with Crippen LogP contribution in [0.25, 0.3) is 0 Å². The predicted octanol–water partition coefficient (Wildman–Crippen LogP) is 2.25. The highest BCUT2D eigenvalue weighted by molar-refractivity contribution is 7.89. The van der Waals surface area contributed by atoms with Gasteiger partial charge in [0.1, 0.15) is 10.7 Å². The number of sulfonamides is 1. The summed E-state index contributed by atoms with van der Waals surface area (Å²) in [4.78, 5) is 10.8. The second-order valence-corrected chi connectivity index (χ2v) is 10.0. The maximum Gasteiger partial charge on any atom is 0.242 e. The van der Waals surface area contributed by atoms with Crippen LogP contribution in [-0.2, 0) is 14.8 Å². The minimum Gasteiger partial charge on any atom is -0.378 e. The molecule has 8 nitrogen and oxygen atoms in total. The van der Waals surface area contributed by atoms with Gasteiger partial charge in [-0.3, -0.25) is 4.98 Å². The van der Waals surface area contributed by atoms with Gasteiger partial charge in [-0.05, 0) is 62.4 Å². The van der Waals surface area contributed by atoms with Crippen molar-refractivity contribution in [3.8, 4) is 0 Å². The van der Waals surface area contributed by atoms with Crippen LogP contribution in [0.4, 0.5) is 5.82 Å². The number of nitrogens with zero attached hydrogens (tertiary/aromatic N) is 3. The lowest BCUT2D eigenvalue weighted by Gasteiger charge is -2.31. The summed E-state index contributed by atoms with van der Waals surface area (Å²) in [5.74, 6) is 0.789. The first-order valence-electron chi connectivity index (χ1n) is 11.0. The number of nitrogens with one attached hydrogen (secondary N) is 2. The smallest absolute Gasteiger partial charge is 0.242 e. The van der Waals surface area contributed by atoms with Gasteiger partial charge in [-0.2, -0.15) is 0 Å². The molecule has 1 saturated heterocycles. The average Bonchev–Trinajstić information content (AvgIpc) is 2.81. The lowest BCUT2D eigenvalue weighted by Crippen LogP contribution is -2.42. The summed E-state index contributed by atoms with van der Waals surface area (Å²) in [6.07, 6.45) is 8.59. The Labute approximate surface area is 184 Å². The fourth-order valence-electron chi connectivity index (χ4n) is 4.28. The molecule has 2 aromatic rings. The van der Waals surface area contributed by atoms with Gasteiger partial charge >= 0.3 is 0 Å². The maximum atomic E-state index is 12.8. The first-order valence-corrected chi connectivity index (χ1v) is 12.5. The van der Waals surface area contributed by atoms with Gasteiger partial charge in [0.2, 0.25) is 10.0 Å². The number of aromatic nitrogens is 2. The second-order valence-electron chi connectivity index (χ2n) is 8.29. The zero-order chi connectivity index (χ0) is 21.7. The monoisotopic (exact) mass is 445 g/mol. The van der Waals surface area contributed by atoms with E-state index in [1.165, 1.54) is 11.8 Å². The number of anilines is 1. The van der Waals surface area contributed by atoms with Crippen molar-refractivity contribution in [2.75, 3.05) is 31.2 Å². The molecule has 0 amide bonds. The minimum atomic E-state index is -3.57. The standard InChI is InChI=1S/C22H31N5O3S/c1-17(18-8-10-23-11-9-18)25-19-2-4-20(5-3-19)26-31(28,29)21-6-7-22(24-16-21)27-12-14-30-15-13-27/h6-11,16-17,19-20,25-26H,2-5,12-15H2,1H3. The lowest BCUT2D eigenvalue weighted by atomic mass is 9.91. The molecule has 2 aliphatic rings. The molecule has 2 N–H and O–H groups in total. The van der Waals surface area contributed by atoms with Crippen LogP contribution in [-0.4, -0.2) is 56.8 Å². The molecule has 9 heteroatoms. The molecule has 3 heterocycles. The third kappa shape index (κ3) is 5.79. The molecule has 1 aliphatic carbocycles. The van der Waals surface area contributed by atoms with Crippen molar-refractivity contribution in [3.63, 3.8) is 0 Å². The molecule has 1 unspecified atom stereocenters. The summed E-state index contributed by atoms with van der Waals surface area (Å²) in [5, 5.41) is 3.66. The Bertz CT molecular complexity index is 925. The van der Waals surface area contributed by atoms with Gasteiger partial charge in [-0.25, -0.2) is 18.1 Å². The van der Waals surface area contributed by atoms with E-state index in [1.807, 2.05) is 24.5 Å². The van der Waals surface area contributed by atoms with E-state index in [0.717, 1.165) is 44.6 Å². The van der Waals surface area contributed by atoms with E-state index in [9.17, 15) is 8.42 Å². The lowest BCUT2D eigenvalue weighted by molar-refractivity contribution is 0.122. The third-order valence-electron chi connectivity index (χ3n) is 6.11. The summed E-state index contributed by atoms with van der Waals surface area (Å²) in [6, 6.07) is 8.06. The normalized spacial score (nSPS) is 23.5. The number of rotatable bonds is 7. The minimum absolute atomic E-state index is 0.0433. The van der Waals surface area contributed by atoms with Crippen LogP contribution in [0.2, 0.25) is 0 Å². The Morgan fingerprint density at radius 3 is 2.35 bits per heavy atom. The zero-order valence-corrected chi connectivity index (χ0v) is 18.7. The van der Waals surface area contributed by atoms with Gasteiger partial charge in [0.15, 0.2) is 0 Å². The molecule has 0 bridgehead atoms. The fraction of sp³-hybridized carbons (Fsp3) is 0.545. The van der Waals surface area contributed by atoms with Crippen molar-refractivity contribution >= 4 is 15.8 Å². The van der Waals surface area contributed by atoms with Crippen molar-refractivity contribution in [2.45, 2.75) is 55.6 Å². The number of hydrogen-bond acceptors (Lipinski definition) is 7. The summed E-state index contributed by atoms with van der Waals surface area (Å²) in [6.45, 7) is 5.03. The van der Waals surface area contributed by atoms with E-state index in [0.29, 0.717) is 19.3 Å². The predicted molar refractivity (Wildman–Crippen MR) is 119 cm³/mol. The quantitative estimate of drug-likeness (QED) is 0.675. The number of ether oxygens (including phenoxy) is 1. The highest BCUT2D eigenvalue weighted by Gasteiger charge is 2.27. The molecular weight excluding hydrogens is 414 g/mol. The van der Waals surface area contributed by atoms with E-state index in [2.05, 4.69) is 31.8 Å². The molecule has 1 atom stereocenters. The second kappa shape index (κ2) is 10.0. The van der Waals surface area contributed by atoms with Gasteiger partial charge in [-0.15, -0.1) is 0 Å². The first-order chi connectivity index (χ1) is 15.0. The van der Waals surface area contributed by atoms with Crippen LogP contribution >= 0.6 is 0 Å². The van der Waals surface area contributed by atoms with Crippen molar-refractivity contribution in [1.29, 1.82) is 0 Å². The highest BCUT2D eigenvalue weighted by Crippen LogP contribution is 2.24. The Kier molecular flexibility index (Phi) is 7.16. The molecule has 0 spiro atoms.